The van der Waals surface area contributed by atoms with Gasteiger partial charge in [-0.05, 0) is 59.5 Å². The predicted molar refractivity (Wildman–Crippen MR) is 68.5 cm³/mol. The van der Waals surface area contributed by atoms with Crippen LogP contribution < -0.4 is 5.73 Å². The Balaban J connectivity index is 2.13. The molecule has 3 nitrogen and oxygen atoms in total. The third kappa shape index (κ3) is 5.28. The maximum atomic E-state index is 5.93. The van der Waals surface area contributed by atoms with Crippen molar-refractivity contribution >= 4 is 0 Å². The molecule has 0 aromatic rings. The van der Waals surface area contributed by atoms with Gasteiger partial charge in [0.15, 0.2) is 0 Å². The Morgan fingerprint density at radius 3 is 2.31 bits per heavy atom. The standard InChI is InChI=1S/C13H28N2O/c1-11(14)12-5-7-15(8-6-12)9-10-16-13(2,3)4/h11-12H,5-10,14H2,1-4H3. The molecule has 1 aliphatic rings. The van der Waals surface area contributed by atoms with Crippen LogP contribution in [-0.4, -0.2) is 42.8 Å². The highest BCUT2D eigenvalue weighted by atomic mass is 16.5. The van der Waals surface area contributed by atoms with Crippen molar-refractivity contribution in [1.29, 1.82) is 0 Å². The van der Waals surface area contributed by atoms with Crippen molar-refractivity contribution in [3.63, 3.8) is 0 Å². The average molecular weight is 228 g/mol. The maximum Gasteiger partial charge on any atom is 0.0600 e. The number of piperidine rings is 1. The largest absolute Gasteiger partial charge is 0.375 e. The van der Waals surface area contributed by atoms with Gasteiger partial charge in [-0.1, -0.05) is 0 Å². The Labute approximate surface area is 100 Å². The molecule has 3 heteroatoms. The van der Waals surface area contributed by atoms with Gasteiger partial charge in [-0.2, -0.15) is 0 Å². The fourth-order valence-corrected chi connectivity index (χ4v) is 2.18. The molecular weight excluding hydrogens is 200 g/mol. The summed E-state index contributed by atoms with van der Waals surface area (Å²) in [5.41, 5.74) is 5.92. The average Bonchev–Trinajstić information content (AvgIpc) is 2.16. The number of nitrogens with two attached hydrogens (primary N) is 1. The minimum Gasteiger partial charge on any atom is -0.375 e. The van der Waals surface area contributed by atoms with Gasteiger partial charge >= 0.3 is 0 Å². The molecule has 16 heavy (non-hydrogen) atoms. The summed E-state index contributed by atoms with van der Waals surface area (Å²) in [6.45, 7) is 12.7. The maximum absolute atomic E-state index is 5.93. The molecule has 0 aromatic carbocycles. The molecule has 1 saturated heterocycles. The second kappa shape index (κ2) is 5.99. The molecule has 0 aliphatic carbocycles. The molecule has 1 atom stereocenters. The molecular formula is C13H28N2O. The van der Waals surface area contributed by atoms with Gasteiger partial charge in [0.2, 0.25) is 0 Å². The normalized spacial score (nSPS) is 22.3. The molecule has 0 spiro atoms. The SMILES string of the molecule is CC(N)C1CCN(CCOC(C)(C)C)CC1. The van der Waals surface area contributed by atoms with Crippen LogP contribution in [0.2, 0.25) is 0 Å². The third-order valence-corrected chi connectivity index (χ3v) is 3.32. The van der Waals surface area contributed by atoms with Crippen LogP contribution in [-0.2, 0) is 4.74 Å². The Hall–Kier alpha value is -0.120. The number of nitrogens with zero attached hydrogens (tertiary/aromatic N) is 1. The van der Waals surface area contributed by atoms with E-state index in [1.807, 2.05) is 0 Å². The fourth-order valence-electron chi connectivity index (χ4n) is 2.18. The van der Waals surface area contributed by atoms with Crippen LogP contribution in [0.25, 0.3) is 0 Å². The van der Waals surface area contributed by atoms with Crippen molar-refractivity contribution in [3.8, 4) is 0 Å². The zero-order valence-corrected chi connectivity index (χ0v) is 11.3. The Morgan fingerprint density at radius 1 is 1.31 bits per heavy atom. The van der Waals surface area contributed by atoms with Crippen molar-refractivity contribution in [3.05, 3.63) is 0 Å². The van der Waals surface area contributed by atoms with Gasteiger partial charge in [0, 0.05) is 12.6 Å². The lowest BCUT2D eigenvalue weighted by molar-refractivity contribution is -0.0164. The van der Waals surface area contributed by atoms with Crippen LogP contribution >= 0.6 is 0 Å². The highest BCUT2D eigenvalue weighted by molar-refractivity contribution is 4.77. The van der Waals surface area contributed by atoms with E-state index in [-0.39, 0.29) is 5.60 Å². The second-order valence-corrected chi connectivity index (χ2v) is 6.00. The first-order valence-electron chi connectivity index (χ1n) is 6.50. The summed E-state index contributed by atoms with van der Waals surface area (Å²) in [6, 6.07) is 0.355. The van der Waals surface area contributed by atoms with Crippen molar-refractivity contribution in [2.75, 3.05) is 26.2 Å². The molecule has 1 aliphatic heterocycles. The van der Waals surface area contributed by atoms with Gasteiger partial charge in [0.05, 0.1) is 12.2 Å². The highest BCUT2D eigenvalue weighted by Gasteiger charge is 2.21. The van der Waals surface area contributed by atoms with Gasteiger partial charge in [-0.25, -0.2) is 0 Å². The lowest BCUT2D eigenvalue weighted by Gasteiger charge is -2.34. The third-order valence-electron chi connectivity index (χ3n) is 3.32. The van der Waals surface area contributed by atoms with Crippen molar-refractivity contribution < 1.29 is 4.74 Å². The number of ether oxygens (including phenoxy) is 1. The first-order valence-corrected chi connectivity index (χ1v) is 6.50. The molecule has 1 heterocycles. The van der Waals surface area contributed by atoms with E-state index in [1.165, 1.54) is 25.9 Å². The van der Waals surface area contributed by atoms with Gasteiger partial charge in [0.1, 0.15) is 0 Å². The summed E-state index contributed by atoms with van der Waals surface area (Å²) in [5.74, 6) is 0.722. The lowest BCUT2D eigenvalue weighted by atomic mass is 9.91. The Morgan fingerprint density at radius 2 is 1.88 bits per heavy atom. The van der Waals surface area contributed by atoms with Crippen LogP contribution in [0, 0.1) is 5.92 Å². The summed E-state index contributed by atoms with van der Waals surface area (Å²) in [7, 11) is 0. The van der Waals surface area contributed by atoms with Gasteiger partial charge in [0.25, 0.3) is 0 Å². The quantitative estimate of drug-likeness (QED) is 0.798. The van der Waals surface area contributed by atoms with Crippen LogP contribution in [0.15, 0.2) is 0 Å². The van der Waals surface area contributed by atoms with Crippen LogP contribution in [0.3, 0.4) is 0 Å². The number of rotatable bonds is 4. The van der Waals surface area contributed by atoms with Crippen LogP contribution in [0.1, 0.15) is 40.5 Å². The molecule has 96 valence electrons. The first-order chi connectivity index (χ1) is 7.38. The summed E-state index contributed by atoms with van der Waals surface area (Å²) in [5, 5.41) is 0. The summed E-state index contributed by atoms with van der Waals surface area (Å²) >= 11 is 0. The van der Waals surface area contributed by atoms with E-state index in [2.05, 4.69) is 32.6 Å². The number of hydrogen-bond acceptors (Lipinski definition) is 3. The van der Waals surface area contributed by atoms with Crippen molar-refractivity contribution in [1.82, 2.24) is 4.90 Å². The molecule has 0 amide bonds. The zero-order chi connectivity index (χ0) is 12.2. The molecule has 0 aromatic heterocycles. The highest BCUT2D eigenvalue weighted by Crippen LogP contribution is 2.19. The van der Waals surface area contributed by atoms with E-state index in [1.54, 1.807) is 0 Å². The second-order valence-electron chi connectivity index (χ2n) is 6.00. The van der Waals surface area contributed by atoms with Crippen molar-refractivity contribution in [2.45, 2.75) is 52.2 Å². The summed E-state index contributed by atoms with van der Waals surface area (Å²) < 4.78 is 5.74. The van der Waals surface area contributed by atoms with Gasteiger partial charge in [-0.3, -0.25) is 0 Å². The Bertz CT molecular complexity index is 191. The van der Waals surface area contributed by atoms with E-state index >= 15 is 0 Å². The Kier molecular flexibility index (Phi) is 5.22. The van der Waals surface area contributed by atoms with Crippen LogP contribution in [0.5, 0.6) is 0 Å². The molecule has 1 rings (SSSR count). The van der Waals surface area contributed by atoms with E-state index in [4.69, 9.17) is 10.5 Å². The molecule has 1 fully saturated rings. The van der Waals surface area contributed by atoms with Crippen LogP contribution in [0.4, 0.5) is 0 Å². The molecule has 0 radical (unpaired) electrons. The molecule has 1 unspecified atom stereocenters. The topological polar surface area (TPSA) is 38.5 Å². The summed E-state index contributed by atoms with van der Waals surface area (Å²) in [4.78, 5) is 2.49. The van der Waals surface area contributed by atoms with Crippen molar-refractivity contribution in [2.24, 2.45) is 11.7 Å². The van der Waals surface area contributed by atoms with Gasteiger partial charge < -0.3 is 15.4 Å². The molecule has 2 N–H and O–H groups in total. The zero-order valence-electron chi connectivity index (χ0n) is 11.3. The minimum absolute atomic E-state index is 0.00983. The van der Waals surface area contributed by atoms with Gasteiger partial charge in [-0.15, -0.1) is 0 Å². The minimum atomic E-state index is -0.00983. The lowest BCUT2D eigenvalue weighted by Crippen LogP contribution is -2.41. The predicted octanol–water partition coefficient (Wildman–Crippen LogP) is 1.86. The van der Waals surface area contributed by atoms with E-state index in [9.17, 15) is 0 Å². The van der Waals surface area contributed by atoms with E-state index in [0.717, 1.165) is 19.1 Å². The molecule has 0 saturated carbocycles. The molecule has 0 bridgehead atoms. The number of hydrogen-bond donors (Lipinski definition) is 1. The van der Waals surface area contributed by atoms with E-state index < -0.39 is 0 Å². The summed E-state index contributed by atoms with van der Waals surface area (Å²) in [6.07, 6.45) is 2.49. The monoisotopic (exact) mass is 228 g/mol. The first kappa shape index (κ1) is 13.9. The smallest absolute Gasteiger partial charge is 0.0600 e. The number of likely N-dealkylation sites (tertiary alicyclic amines) is 1. The fraction of sp³-hybridized carbons (Fsp3) is 1.00. The van der Waals surface area contributed by atoms with E-state index in [0.29, 0.717) is 6.04 Å².